The number of nitrogens with zero attached hydrogens (tertiary/aromatic N) is 1. The minimum absolute atomic E-state index is 0.00500. The van der Waals surface area contributed by atoms with Crippen molar-refractivity contribution in [2.45, 2.75) is 6.42 Å². The molecule has 1 N–H and O–H groups in total. The Bertz CT molecular complexity index is 1100. The second-order valence-electron chi connectivity index (χ2n) is 6.56. The van der Waals surface area contributed by atoms with E-state index in [1.54, 1.807) is 48.5 Å². The van der Waals surface area contributed by atoms with Crippen LogP contribution in [0.3, 0.4) is 0 Å². The maximum absolute atomic E-state index is 13.2. The first-order chi connectivity index (χ1) is 15.0. The van der Waals surface area contributed by atoms with Crippen LogP contribution in [0.4, 0.5) is 10.1 Å². The summed E-state index contributed by atoms with van der Waals surface area (Å²) in [5.41, 5.74) is 1.46. The number of benzene rings is 3. The van der Waals surface area contributed by atoms with Crippen molar-refractivity contribution in [3.05, 3.63) is 89.7 Å². The zero-order valence-corrected chi connectivity index (χ0v) is 17.1. The van der Waals surface area contributed by atoms with Gasteiger partial charge in [-0.3, -0.25) is 9.59 Å². The summed E-state index contributed by atoms with van der Waals surface area (Å²) >= 11 is 0. The predicted molar refractivity (Wildman–Crippen MR) is 116 cm³/mol. The Morgan fingerprint density at radius 2 is 1.58 bits per heavy atom. The van der Waals surface area contributed by atoms with Gasteiger partial charge < -0.3 is 14.8 Å². The van der Waals surface area contributed by atoms with E-state index in [4.69, 9.17) is 9.47 Å². The smallest absolute Gasteiger partial charge is 0.277 e. The molecule has 0 aromatic heterocycles. The Kier molecular flexibility index (Phi) is 7.11. The third-order valence-electron chi connectivity index (χ3n) is 4.44. The number of amides is 2. The number of halogens is 1. The summed E-state index contributed by atoms with van der Waals surface area (Å²) in [5, 5.41) is 2.65. The van der Waals surface area contributed by atoms with Crippen molar-refractivity contribution in [3.8, 4) is 11.5 Å². The number of ether oxygens (including phenoxy) is 2. The van der Waals surface area contributed by atoms with Gasteiger partial charge in [-0.1, -0.05) is 24.3 Å². The number of aliphatic imine (C=N–C) groups is 1. The number of hydrogen-bond acceptors (Lipinski definition) is 4. The number of anilines is 1. The van der Waals surface area contributed by atoms with Crippen molar-refractivity contribution in [2.24, 2.45) is 4.99 Å². The molecule has 2 amide bonds. The molecule has 0 saturated carbocycles. The fourth-order valence-electron chi connectivity index (χ4n) is 2.86. The Balaban J connectivity index is 1.91. The average Bonchev–Trinajstić information content (AvgIpc) is 2.80. The molecule has 0 aliphatic carbocycles. The van der Waals surface area contributed by atoms with Gasteiger partial charge in [0.15, 0.2) is 11.5 Å². The summed E-state index contributed by atoms with van der Waals surface area (Å²) < 4.78 is 23.7. The minimum Gasteiger partial charge on any atom is -0.493 e. The van der Waals surface area contributed by atoms with Crippen LogP contribution in [-0.2, 0) is 11.2 Å². The molecule has 0 heterocycles. The third kappa shape index (κ3) is 5.76. The second-order valence-corrected chi connectivity index (χ2v) is 6.56. The molecule has 0 spiro atoms. The highest BCUT2D eigenvalue weighted by Gasteiger charge is 2.17. The van der Waals surface area contributed by atoms with Gasteiger partial charge in [-0.25, -0.2) is 9.38 Å². The molecular formula is C24H21FN2O4. The lowest BCUT2D eigenvalue weighted by Gasteiger charge is -2.11. The van der Waals surface area contributed by atoms with Gasteiger partial charge in [-0.05, 0) is 54.1 Å². The average molecular weight is 420 g/mol. The number of nitrogens with one attached hydrogen (secondary N) is 1. The number of carbonyl (C=O) groups excluding carboxylic acids is 2. The molecule has 31 heavy (non-hydrogen) atoms. The molecule has 0 saturated heterocycles. The summed E-state index contributed by atoms with van der Waals surface area (Å²) in [6.07, 6.45) is 0.0754. The van der Waals surface area contributed by atoms with Crippen LogP contribution in [0.5, 0.6) is 11.5 Å². The van der Waals surface area contributed by atoms with E-state index in [1.807, 2.05) is 0 Å². The lowest BCUT2D eigenvalue weighted by atomic mass is 10.1. The van der Waals surface area contributed by atoms with Gasteiger partial charge >= 0.3 is 0 Å². The number of rotatable bonds is 7. The lowest BCUT2D eigenvalue weighted by molar-refractivity contribution is -0.110. The largest absolute Gasteiger partial charge is 0.493 e. The molecule has 3 rings (SSSR count). The topological polar surface area (TPSA) is 77.0 Å². The normalized spacial score (nSPS) is 11.0. The SMILES string of the molecule is COc1ccc(CC(=NC(=O)c2ccccc2)C(=O)Nc2ccc(F)cc2)cc1OC. The van der Waals surface area contributed by atoms with E-state index in [1.165, 1.54) is 38.5 Å². The maximum atomic E-state index is 13.2. The van der Waals surface area contributed by atoms with Crippen molar-refractivity contribution in [2.75, 3.05) is 19.5 Å². The highest BCUT2D eigenvalue weighted by atomic mass is 19.1. The third-order valence-corrected chi connectivity index (χ3v) is 4.44. The van der Waals surface area contributed by atoms with Crippen molar-refractivity contribution >= 4 is 23.2 Å². The molecule has 0 unspecified atom stereocenters. The van der Waals surface area contributed by atoms with Gasteiger partial charge in [-0.2, -0.15) is 0 Å². The predicted octanol–water partition coefficient (Wildman–Crippen LogP) is 4.31. The zero-order chi connectivity index (χ0) is 22.2. The quantitative estimate of drug-likeness (QED) is 0.578. The Hall–Kier alpha value is -4.00. The molecular weight excluding hydrogens is 399 g/mol. The number of methoxy groups -OCH3 is 2. The maximum Gasteiger partial charge on any atom is 0.277 e. The van der Waals surface area contributed by atoms with Gasteiger partial charge in [0.1, 0.15) is 11.5 Å². The molecule has 0 aliphatic rings. The summed E-state index contributed by atoms with van der Waals surface area (Å²) in [6, 6.07) is 19.0. The Morgan fingerprint density at radius 1 is 0.903 bits per heavy atom. The first-order valence-corrected chi connectivity index (χ1v) is 9.45. The summed E-state index contributed by atoms with van der Waals surface area (Å²) in [6.45, 7) is 0. The van der Waals surface area contributed by atoms with Gasteiger partial charge in [0.25, 0.3) is 11.8 Å². The van der Waals surface area contributed by atoms with E-state index in [0.29, 0.717) is 28.3 Å². The summed E-state index contributed by atoms with van der Waals surface area (Å²) in [7, 11) is 3.04. The van der Waals surface area contributed by atoms with E-state index in [0.717, 1.165) is 0 Å². The summed E-state index contributed by atoms with van der Waals surface area (Å²) in [5.74, 6) is -0.485. The van der Waals surface area contributed by atoms with Crippen LogP contribution < -0.4 is 14.8 Å². The highest BCUT2D eigenvalue weighted by Crippen LogP contribution is 2.28. The van der Waals surface area contributed by atoms with Crippen molar-refractivity contribution < 1.29 is 23.5 Å². The monoisotopic (exact) mass is 420 g/mol. The summed E-state index contributed by atoms with van der Waals surface area (Å²) in [4.78, 5) is 29.6. The van der Waals surface area contributed by atoms with E-state index in [2.05, 4.69) is 10.3 Å². The standard InChI is InChI=1S/C24H21FN2O4/c1-30-21-13-8-16(15-22(21)31-2)14-20(27-23(28)17-6-4-3-5-7-17)24(29)26-19-11-9-18(25)10-12-19/h3-13,15H,14H2,1-2H3,(H,26,29). The lowest BCUT2D eigenvalue weighted by Crippen LogP contribution is -2.26. The molecule has 3 aromatic carbocycles. The van der Waals surface area contributed by atoms with Gasteiger partial charge in [0.2, 0.25) is 0 Å². The first kappa shape index (κ1) is 21.7. The molecule has 0 radical (unpaired) electrons. The molecule has 7 heteroatoms. The van der Waals surface area contributed by atoms with Crippen molar-refractivity contribution in [3.63, 3.8) is 0 Å². The van der Waals surface area contributed by atoms with Crippen LogP contribution in [0.25, 0.3) is 0 Å². The number of hydrogen-bond donors (Lipinski definition) is 1. The Morgan fingerprint density at radius 3 is 2.23 bits per heavy atom. The van der Waals surface area contributed by atoms with Crippen molar-refractivity contribution in [1.82, 2.24) is 0 Å². The highest BCUT2D eigenvalue weighted by molar-refractivity contribution is 6.45. The fraction of sp³-hybridized carbons (Fsp3) is 0.125. The molecule has 3 aromatic rings. The molecule has 158 valence electrons. The van der Waals surface area contributed by atoms with Crippen LogP contribution in [0.15, 0.2) is 77.8 Å². The zero-order valence-electron chi connectivity index (χ0n) is 17.1. The van der Waals surface area contributed by atoms with Crippen LogP contribution in [-0.4, -0.2) is 31.7 Å². The van der Waals surface area contributed by atoms with E-state index >= 15 is 0 Å². The van der Waals surface area contributed by atoms with E-state index < -0.39 is 17.6 Å². The second kappa shape index (κ2) is 10.2. The van der Waals surface area contributed by atoms with E-state index in [-0.39, 0.29) is 12.1 Å². The molecule has 0 bridgehead atoms. The Labute approximate surface area is 179 Å². The van der Waals surface area contributed by atoms with Crippen LogP contribution in [0.1, 0.15) is 15.9 Å². The molecule has 0 aliphatic heterocycles. The molecule has 0 atom stereocenters. The molecule has 6 nitrogen and oxygen atoms in total. The van der Waals surface area contributed by atoms with Crippen LogP contribution >= 0.6 is 0 Å². The number of carbonyl (C=O) groups is 2. The van der Waals surface area contributed by atoms with Gasteiger partial charge in [0, 0.05) is 17.7 Å². The van der Waals surface area contributed by atoms with Crippen LogP contribution in [0, 0.1) is 5.82 Å². The molecule has 0 fully saturated rings. The van der Waals surface area contributed by atoms with Crippen molar-refractivity contribution in [1.29, 1.82) is 0 Å². The van der Waals surface area contributed by atoms with E-state index in [9.17, 15) is 14.0 Å². The first-order valence-electron chi connectivity index (χ1n) is 9.45. The fourth-order valence-corrected chi connectivity index (χ4v) is 2.86. The minimum atomic E-state index is -0.564. The van der Waals surface area contributed by atoms with Gasteiger partial charge in [0.05, 0.1) is 14.2 Å². The van der Waals surface area contributed by atoms with Crippen LogP contribution in [0.2, 0.25) is 0 Å². The van der Waals surface area contributed by atoms with Gasteiger partial charge in [-0.15, -0.1) is 0 Å².